The zero-order valence-corrected chi connectivity index (χ0v) is 17.0. The average molecular weight is 451 g/mol. The van der Waals surface area contributed by atoms with Gasteiger partial charge in [-0.1, -0.05) is 48.3 Å². The molecule has 11 heteroatoms. The zero-order chi connectivity index (χ0) is 22.2. The van der Waals surface area contributed by atoms with E-state index in [2.05, 4.69) is 10.4 Å². The topological polar surface area (TPSA) is 154 Å². The van der Waals surface area contributed by atoms with Gasteiger partial charge in [-0.2, -0.15) is 5.10 Å². The first kappa shape index (κ1) is 21.6. The number of nitrogens with zero attached hydrogens (tertiary/aromatic N) is 1. The Morgan fingerprint density at radius 1 is 1.20 bits per heavy atom. The number of hydrazone groups is 1. The van der Waals surface area contributed by atoms with Gasteiger partial charge < -0.3 is 21.3 Å². The third-order valence-electron chi connectivity index (χ3n) is 4.80. The van der Waals surface area contributed by atoms with Gasteiger partial charge >= 0.3 is 11.8 Å². The maximum Gasteiger partial charge on any atom is 0.329 e. The molecule has 0 radical (unpaired) electrons. The minimum Gasteiger partial charge on any atom is -0.506 e. The predicted molar refractivity (Wildman–Crippen MR) is 110 cm³/mol. The first-order valence-electron chi connectivity index (χ1n) is 8.57. The molecular formula is C19H16Cl2N4O5. The summed E-state index contributed by atoms with van der Waals surface area (Å²) in [6.07, 6.45) is 0. The molecule has 2 aromatic rings. The number of para-hydroxylation sites is 1. The number of phenolic OH excluding ortho intramolecular Hbond substituents is 1. The second-order valence-electron chi connectivity index (χ2n) is 6.54. The number of aromatic hydroxyl groups is 1. The Hall–Kier alpha value is -3.14. The maximum absolute atomic E-state index is 12.7. The molecule has 0 fully saturated rings. The monoisotopic (exact) mass is 450 g/mol. The molecule has 156 valence electrons. The Kier molecular flexibility index (Phi) is 5.71. The summed E-state index contributed by atoms with van der Waals surface area (Å²) in [5.41, 5.74) is 5.03. The van der Waals surface area contributed by atoms with Crippen LogP contribution in [0.2, 0.25) is 10.0 Å². The highest BCUT2D eigenvalue weighted by molar-refractivity contribution is 6.38. The van der Waals surface area contributed by atoms with Crippen molar-refractivity contribution >= 4 is 52.3 Å². The van der Waals surface area contributed by atoms with E-state index in [9.17, 15) is 24.6 Å². The maximum atomic E-state index is 12.7. The number of carbonyl (C=O) groups excluding carboxylic acids is 3. The van der Waals surface area contributed by atoms with Crippen LogP contribution in [0.5, 0.6) is 5.75 Å². The van der Waals surface area contributed by atoms with Crippen LogP contribution < -0.4 is 16.5 Å². The molecule has 30 heavy (non-hydrogen) atoms. The van der Waals surface area contributed by atoms with Gasteiger partial charge in [0.1, 0.15) is 5.75 Å². The molecule has 2 atom stereocenters. The van der Waals surface area contributed by atoms with Crippen LogP contribution in [0.15, 0.2) is 41.5 Å². The average Bonchev–Trinajstić information content (AvgIpc) is 2.98. The third-order valence-corrected chi connectivity index (χ3v) is 5.42. The molecule has 1 aliphatic rings. The minimum absolute atomic E-state index is 0.0221. The van der Waals surface area contributed by atoms with Gasteiger partial charge in [-0.25, -0.2) is 5.43 Å². The standard InChI is InChI=1S/C19H16Cl2N4O5/c1-8(19(30)9-4-2-3-5-12(9)23-18(19)29)14(24-25-17(28)16(22)27)13-10(20)6-7-11(21)15(13)26/h2-8,26,30H,1H3,(H2,22,27)(H,23,29)(H,25,28)/b24-14-/t8-,19-/m0/s1. The number of nitrogens with one attached hydrogen (secondary N) is 2. The molecule has 0 spiro atoms. The fraction of sp³-hybridized carbons (Fsp3) is 0.158. The number of anilines is 1. The number of aliphatic hydroxyl groups is 1. The van der Waals surface area contributed by atoms with Crippen LogP contribution in [-0.4, -0.2) is 33.6 Å². The molecule has 1 heterocycles. The molecule has 3 amide bonds. The van der Waals surface area contributed by atoms with Crippen molar-refractivity contribution in [3.8, 4) is 5.75 Å². The summed E-state index contributed by atoms with van der Waals surface area (Å²) in [5, 5.41) is 28.2. The number of benzene rings is 2. The fourth-order valence-electron chi connectivity index (χ4n) is 3.21. The molecule has 9 nitrogen and oxygen atoms in total. The minimum atomic E-state index is -2.13. The number of primary amides is 1. The van der Waals surface area contributed by atoms with Crippen LogP contribution in [0.4, 0.5) is 5.69 Å². The van der Waals surface area contributed by atoms with E-state index in [-0.39, 0.29) is 26.9 Å². The summed E-state index contributed by atoms with van der Waals surface area (Å²) in [5.74, 6) is -4.97. The van der Waals surface area contributed by atoms with Crippen molar-refractivity contribution in [3.63, 3.8) is 0 Å². The highest BCUT2D eigenvalue weighted by atomic mass is 35.5. The van der Waals surface area contributed by atoms with E-state index < -0.39 is 35.0 Å². The van der Waals surface area contributed by atoms with Crippen molar-refractivity contribution < 1.29 is 24.6 Å². The Morgan fingerprint density at radius 3 is 2.50 bits per heavy atom. The summed E-state index contributed by atoms with van der Waals surface area (Å²) in [6.45, 7) is 1.44. The van der Waals surface area contributed by atoms with Gasteiger partial charge in [0.25, 0.3) is 5.91 Å². The highest BCUT2D eigenvalue weighted by Gasteiger charge is 2.51. The molecule has 0 bridgehead atoms. The van der Waals surface area contributed by atoms with Crippen LogP contribution in [0.1, 0.15) is 18.1 Å². The largest absolute Gasteiger partial charge is 0.506 e. The van der Waals surface area contributed by atoms with E-state index in [1.807, 2.05) is 5.43 Å². The van der Waals surface area contributed by atoms with Crippen LogP contribution >= 0.6 is 23.2 Å². The molecule has 0 unspecified atom stereocenters. The SMILES string of the molecule is C[C@@H](/C(=N/NC(=O)C(N)=O)c1c(Cl)ccc(Cl)c1O)[C@@]1(O)C(=O)Nc2ccccc21. The second-order valence-corrected chi connectivity index (χ2v) is 7.36. The van der Waals surface area contributed by atoms with E-state index in [0.717, 1.165) is 0 Å². The molecular weight excluding hydrogens is 435 g/mol. The smallest absolute Gasteiger partial charge is 0.329 e. The van der Waals surface area contributed by atoms with Gasteiger partial charge in [0.15, 0.2) is 5.60 Å². The number of halogens is 2. The normalized spacial score (nSPS) is 19.1. The van der Waals surface area contributed by atoms with Gasteiger partial charge in [0, 0.05) is 17.2 Å². The lowest BCUT2D eigenvalue weighted by Crippen LogP contribution is -2.45. The van der Waals surface area contributed by atoms with Crippen molar-refractivity contribution in [3.05, 3.63) is 57.6 Å². The summed E-state index contributed by atoms with van der Waals surface area (Å²) in [6, 6.07) is 9.16. The number of fused-ring (bicyclic) bond motifs is 1. The summed E-state index contributed by atoms with van der Waals surface area (Å²) < 4.78 is 0. The Balaban J connectivity index is 2.20. The lowest BCUT2D eigenvalue weighted by Gasteiger charge is -2.30. The summed E-state index contributed by atoms with van der Waals surface area (Å²) in [4.78, 5) is 35.4. The van der Waals surface area contributed by atoms with E-state index >= 15 is 0 Å². The van der Waals surface area contributed by atoms with Crippen LogP contribution in [0.3, 0.4) is 0 Å². The van der Waals surface area contributed by atoms with Crippen LogP contribution in [0, 0.1) is 5.92 Å². The van der Waals surface area contributed by atoms with E-state index in [4.69, 9.17) is 28.9 Å². The second kappa shape index (κ2) is 7.94. The summed E-state index contributed by atoms with van der Waals surface area (Å²) in [7, 11) is 0. The Labute approximate surface area is 180 Å². The highest BCUT2D eigenvalue weighted by Crippen LogP contribution is 2.44. The van der Waals surface area contributed by atoms with Crippen LogP contribution in [-0.2, 0) is 20.0 Å². The van der Waals surface area contributed by atoms with Crippen molar-refractivity contribution in [1.29, 1.82) is 0 Å². The number of hydrogen-bond acceptors (Lipinski definition) is 6. The third kappa shape index (κ3) is 3.47. The molecule has 3 rings (SSSR count). The Bertz CT molecular complexity index is 1100. The Morgan fingerprint density at radius 2 is 1.83 bits per heavy atom. The number of carbonyl (C=O) groups is 3. The summed E-state index contributed by atoms with van der Waals surface area (Å²) >= 11 is 12.2. The van der Waals surface area contributed by atoms with Crippen molar-refractivity contribution in [2.24, 2.45) is 16.8 Å². The van der Waals surface area contributed by atoms with E-state index in [1.54, 1.807) is 24.3 Å². The van der Waals surface area contributed by atoms with Gasteiger partial charge in [0.2, 0.25) is 0 Å². The number of hydrogen-bond donors (Lipinski definition) is 5. The number of nitrogens with two attached hydrogens (primary N) is 1. The number of rotatable bonds is 4. The molecule has 0 aromatic heterocycles. The van der Waals surface area contributed by atoms with Crippen LogP contribution in [0.25, 0.3) is 0 Å². The van der Waals surface area contributed by atoms with Crippen molar-refractivity contribution in [2.45, 2.75) is 12.5 Å². The first-order chi connectivity index (χ1) is 14.1. The van der Waals surface area contributed by atoms with Gasteiger partial charge in [-0.3, -0.25) is 14.4 Å². The lowest BCUT2D eigenvalue weighted by molar-refractivity contribution is -0.137. The number of phenols is 1. The van der Waals surface area contributed by atoms with Gasteiger partial charge in [-0.05, 0) is 18.2 Å². The van der Waals surface area contributed by atoms with Gasteiger partial charge in [-0.15, -0.1) is 0 Å². The first-order valence-corrected chi connectivity index (χ1v) is 9.32. The molecule has 0 saturated heterocycles. The number of amides is 3. The van der Waals surface area contributed by atoms with E-state index in [0.29, 0.717) is 5.69 Å². The molecule has 0 aliphatic carbocycles. The predicted octanol–water partition coefficient (Wildman–Crippen LogP) is 1.48. The van der Waals surface area contributed by atoms with Gasteiger partial charge in [0.05, 0.1) is 21.3 Å². The molecule has 1 aliphatic heterocycles. The molecule has 0 saturated carbocycles. The fourth-order valence-corrected chi connectivity index (χ4v) is 3.62. The molecule has 6 N–H and O–H groups in total. The zero-order valence-electron chi connectivity index (χ0n) is 15.4. The van der Waals surface area contributed by atoms with E-state index in [1.165, 1.54) is 19.1 Å². The van der Waals surface area contributed by atoms with Crippen molar-refractivity contribution in [2.75, 3.05) is 5.32 Å². The van der Waals surface area contributed by atoms with Crippen molar-refractivity contribution in [1.82, 2.24) is 5.43 Å². The molecule has 2 aromatic carbocycles. The lowest BCUT2D eigenvalue weighted by atomic mass is 9.78. The quantitative estimate of drug-likeness (QED) is 0.271.